The van der Waals surface area contributed by atoms with Crippen molar-refractivity contribution in [1.29, 1.82) is 0 Å². The summed E-state index contributed by atoms with van der Waals surface area (Å²) >= 11 is 3.28. The molecule has 4 N–H and O–H groups in total. The van der Waals surface area contributed by atoms with Crippen molar-refractivity contribution >= 4 is 54.3 Å². The lowest BCUT2D eigenvalue weighted by atomic mass is 10.2. The van der Waals surface area contributed by atoms with Gasteiger partial charge in [-0.2, -0.15) is 0 Å². The Labute approximate surface area is 180 Å². The molecule has 0 saturated heterocycles. The molecule has 0 atom stereocenters. The number of nitrogens with zero attached hydrogens (tertiary/aromatic N) is 2. The average molecular weight is 487 g/mol. The first-order valence-electron chi connectivity index (χ1n) is 8.66. The SMILES string of the molecule is O=S(=O)(Nc1nc2ccccc2nc1Nc1ccc(O)c(O)c1)c1ccc(Br)cc1. The van der Waals surface area contributed by atoms with E-state index in [1.54, 1.807) is 36.4 Å². The highest BCUT2D eigenvalue weighted by Gasteiger charge is 2.19. The highest BCUT2D eigenvalue weighted by molar-refractivity contribution is 9.10. The van der Waals surface area contributed by atoms with Crippen LogP contribution in [0.25, 0.3) is 11.0 Å². The third-order valence-corrected chi connectivity index (χ3v) is 6.05. The van der Waals surface area contributed by atoms with E-state index in [9.17, 15) is 18.6 Å². The van der Waals surface area contributed by atoms with Gasteiger partial charge in [0.2, 0.25) is 0 Å². The first kappa shape index (κ1) is 19.9. The lowest BCUT2D eigenvalue weighted by Crippen LogP contribution is -2.16. The Balaban J connectivity index is 1.78. The molecule has 4 rings (SSSR count). The molecule has 0 saturated carbocycles. The second-order valence-corrected chi connectivity index (χ2v) is 8.90. The van der Waals surface area contributed by atoms with Crippen molar-refractivity contribution in [2.45, 2.75) is 4.90 Å². The molecule has 0 bridgehead atoms. The number of sulfonamides is 1. The number of fused-ring (bicyclic) bond motifs is 1. The van der Waals surface area contributed by atoms with Gasteiger partial charge in [0.1, 0.15) is 0 Å². The number of halogens is 1. The Hall–Kier alpha value is -3.37. The summed E-state index contributed by atoms with van der Waals surface area (Å²) in [6.07, 6.45) is 0. The van der Waals surface area contributed by atoms with E-state index >= 15 is 0 Å². The summed E-state index contributed by atoms with van der Waals surface area (Å²) in [5, 5.41) is 22.2. The Morgan fingerprint density at radius 2 is 1.43 bits per heavy atom. The van der Waals surface area contributed by atoms with E-state index in [1.165, 1.54) is 30.3 Å². The minimum absolute atomic E-state index is 0.0100. The molecule has 0 aliphatic heterocycles. The topological polar surface area (TPSA) is 124 Å². The van der Waals surface area contributed by atoms with Crippen molar-refractivity contribution in [1.82, 2.24) is 9.97 Å². The lowest BCUT2D eigenvalue weighted by molar-refractivity contribution is 0.404. The first-order valence-corrected chi connectivity index (χ1v) is 10.9. The molecule has 30 heavy (non-hydrogen) atoms. The number of nitrogens with one attached hydrogen (secondary N) is 2. The molecule has 8 nitrogen and oxygen atoms in total. The number of hydrogen-bond acceptors (Lipinski definition) is 7. The van der Waals surface area contributed by atoms with Gasteiger partial charge in [-0.1, -0.05) is 28.1 Å². The van der Waals surface area contributed by atoms with Crippen LogP contribution in [0.2, 0.25) is 0 Å². The van der Waals surface area contributed by atoms with Gasteiger partial charge in [0.15, 0.2) is 23.1 Å². The van der Waals surface area contributed by atoms with Crippen LogP contribution >= 0.6 is 15.9 Å². The van der Waals surface area contributed by atoms with Crippen LogP contribution in [-0.4, -0.2) is 28.6 Å². The molecule has 0 unspecified atom stereocenters. The largest absolute Gasteiger partial charge is 0.504 e. The molecule has 4 aromatic rings. The zero-order valence-electron chi connectivity index (χ0n) is 15.2. The quantitative estimate of drug-likeness (QED) is 0.244. The fraction of sp³-hybridized carbons (Fsp3) is 0. The number of anilines is 3. The van der Waals surface area contributed by atoms with Crippen molar-refractivity contribution in [3.63, 3.8) is 0 Å². The Kier molecular flexibility index (Phi) is 5.18. The van der Waals surface area contributed by atoms with Crippen LogP contribution < -0.4 is 10.0 Å². The summed E-state index contributed by atoms with van der Waals surface area (Å²) in [5.41, 5.74) is 1.44. The standard InChI is InChI=1S/C20H15BrN4O4S/c21-12-5-8-14(9-6-12)30(28,29)25-20-19(22-13-7-10-17(26)18(27)11-13)23-15-3-1-2-4-16(15)24-20/h1-11,26-27H,(H,22,23)(H,24,25). The molecule has 0 radical (unpaired) electrons. The van der Waals surface area contributed by atoms with Gasteiger partial charge in [0.25, 0.3) is 10.0 Å². The minimum atomic E-state index is -3.93. The molecule has 3 aromatic carbocycles. The fourth-order valence-corrected chi connectivity index (χ4v) is 3.97. The molecule has 1 heterocycles. The van der Waals surface area contributed by atoms with Crippen molar-refractivity contribution in [3.8, 4) is 11.5 Å². The first-order chi connectivity index (χ1) is 14.3. The molecule has 0 amide bonds. The average Bonchev–Trinajstić information content (AvgIpc) is 2.71. The Morgan fingerprint density at radius 1 is 0.800 bits per heavy atom. The van der Waals surface area contributed by atoms with E-state index in [2.05, 4.69) is 35.9 Å². The highest BCUT2D eigenvalue weighted by atomic mass is 79.9. The molecule has 0 spiro atoms. The molecule has 10 heteroatoms. The van der Waals surface area contributed by atoms with Crippen molar-refractivity contribution in [2.24, 2.45) is 0 Å². The molecule has 0 aliphatic rings. The van der Waals surface area contributed by atoms with Crippen molar-refractivity contribution in [3.05, 3.63) is 71.2 Å². The number of phenols is 2. The third kappa shape index (κ3) is 4.14. The maximum absolute atomic E-state index is 12.9. The van der Waals surface area contributed by atoms with Crippen LogP contribution in [0, 0.1) is 0 Å². The van der Waals surface area contributed by atoms with E-state index in [4.69, 9.17) is 0 Å². The van der Waals surface area contributed by atoms with E-state index in [-0.39, 0.29) is 28.0 Å². The van der Waals surface area contributed by atoms with Gasteiger partial charge in [0, 0.05) is 16.2 Å². The molecule has 152 valence electrons. The lowest BCUT2D eigenvalue weighted by Gasteiger charge is -2.14. The van der Waals surface area contributed by atoms with Crippen LogP contribution in [0.15, 0.2) is 76.1 Å². The van der Waals surface area contributed by atoms with Gasteiger partial charge in [-0.15, -0.1) is 0 Å². The van der Waals surface area contributed by atoms with Crippen LogP contribution in [0.3, 0.4) is 0 Å². The Morgan fingerprint density at radius 3 is 2.07 bits per heavy atom. The molecule has 1 aromatic heterocycles. The summed E-state index contributed by atoms with van der Waals surface area (Å²) < 4.78 is 28.9. The molecule has 0 fully saturated rings. The number of phenolic OH excluding ortho intramolecular Hbond substituents is 2. The van der Waals surface area contributed by atoms with Gasteiger partial charge >= 0.3 is 0 Å². The monoisotopic (exact) mass is 486 g/mol. The second kappa shape index (κ2) is 7.81. The summed E-state index contributed by atoms with van der Waals surface area (Å²) in [5.74, 6) is -0.476. The van der Waals surface area contributed by atoms with Crippen LogP contribution in [0.1, 0.15) is 0 Å². The van der Waals surface area contributed by atoms with E-state index < -0.39 is 10.0 Å². The van der Waals surface area contributed by atoms with Gasteiger partial charge < -0.3 is 15.5 Å². The maximum Gasteiger partial charge on any atom is 0.263 e. The van der Waals surface area contributed by atoms with Crippen LogP contribution in [-0.2, 0) is 10.0 Å². The number of aromatic nitrogens is 2. The molecular formula is C20H15BrN4O4S. The smallest absolute Gasteiger partial charge is 0.263 e. The summed E-state index contributed by atoms with van der Waals surface area (Å²) in [6, 6.07) is 17.3. The fourth-order valence-electron chi connectivity index (χ4n) is 2.70. The van der Waals surface area contributed by atoms with Gasteiger partial charge in [0.05, 0.1) is 15.9 Å². The van der Waals surface area contributed by atoms with Crippen molar-refractivity contribution < 1.29 is 18.6 Å². The van der Waals surface area contributed by atoms with Crippen molar-refractivity contribution in [2.75, 3.05) is 10.0 Å². The predicted molar refractivity (Wildman–Crippen MR) is 118 cm³/mol. The van der Waals surface area contributed by atoms with Gasteiger partial charge in [-0.05, 0) is 48.5 Å². The molecule has 0 aliphatic carbocycles. The van der Waals surface area contributed by atoms with E-state index in [0.29, 0.717) is 16.7 Å². The highest BCUT2D eigenvalue weighted by Crippen LogP contribution is 2.31. The number of benzene rings is 3. The molecular weight excluding hydrogens is 472 g/mol. The van der Waals surface area contributed by atoms with Crippen LogP contribution in [0.4, 0.5) is 17.3 Å². The van der Waals surface area contributed by atoms with E-state index in [0.717, 1.165) is 4.47 Å². The summed E-state index contributed by atoms with van der Waals surface area (Å²) in [6.45, 7) is 0. The number of rotatable bonds is 5. The van der Waals surface area contributed by atoms with E-state index in [1.807, 2.05) is 0 Å². The zero-order chi connectivity index (χ0) is 21.3. The zero-order valence-corrected chi connectivity index (χ0v) is 17.6. The normalized spacial score (nSPS) is 11.4. The number of aromatic hydroxyl groups is 2. The minimum Gasteiger partial charge on any atom is -0.504 e. The summed E-state index contributed by atoms with van der Waals surface area (Å²) in [4.78, 5) is 8.93. The van der Waals surface area contributed by atoms with Gasteiger partial charge in [-0.25, -0.2) is 18.4 Å². The summed E-state index contributed by atoms with van der Waals surface area (Å²) in [7, 11) is -3.93. The number of para-hydroxylation sites is 2. The predicted octanol–water partition coefficient (Wildman–Crippen LogP) is 4.35. The maximum atomic E-state index is 12.9. The second-order valence-electron chi connectivity index (χ2n) is 6.30. The van der Waals surface area contributed by atoms with Crippen LogP contribution in [0.5, 0.6) is 11.5 Å². The van der Waals surface area contributed by atoms with Gasteiger partial charge in [-0.3, -0.25) is 4.72 Å². The number of hydrogen-bond donors (Lipinski definition) is 4. The third-order valence-electron chi connectivity index (χ3n) is 4.16. The Bertz CT molecular complexity index is 1350.